The summed E-state index contributed by atoms with van der Waals surface area (Å²) in [6, 6.07) is 13.0. The van der Waals surface area contributed by atoms with E-state index >= 15 is 0 Å². The van der Waals surface area contributed by atoms with Gasteiger partial charge in [0.2, 0.25) is 0 Å². The predicted octanol–water partition coefficient (Wildman–Crippen LogP) is 3.83. The maximum atomic E-state index is 4.60. The molecule has 1 aromatic heterocycles. The van der Waals surface area contributed by atoms with Crippen LogP contribution in [0.15, 0.2) is 42.6 Å². The number of hydrogen-bond acceptors (Lipinski definition) is 3. The van der Waals surface area contributed by atoms with E-state index in [2.05, 4.69) is 66.3 Å². The van der Waals surface area contributed by atoms with E-state index in [9.17, 15) is 0 Å². The van der Waals surface area contributed by atoms with Crippen LogP contribution in [-0.2, 0) is 0 Å². The zero-order valence-corrected chi connectivity index (χ0v) is 12.7. The van der Waals surface area contributed by atoms with E-state index in [0.29, 0.717) is 0 Å². The summed E-state index contributed by atoms with van der Waals surface area (Å²) < 4.78 is 0. The summed E-state index contributed by atoms with van der Waals surface area (Å²) in [5, 5.41) is 3.29. The highest BCUT2D eigenvalue weighted by molar-refractivity contribution is 5.63. The molecule has 1 N–H and O–H groups in total. The third-order valence-corrected chi connectivity index (χ3v) is 3.63. The van der Waals surface area contributed by atoms with Crippen molar-refractivity contribution >= 4 is 11.5 Å². The van der Waals surface area contributed by atoms with E-state index < -0.39 is 0 Å². The summed E-state index contributed by atoms with van der Waals surface area (Å²) in [4.78, 5) is 6.86. The van der Waals surface area contributed by atoms with Crippen molar-refractivity contribution in [2.75, 3.05) is 18.5 Å². The number of nitrogens with zero attached hydrogens (tertiary/aromatic N) is 2. The molecule has 3 heteroatoms. The molecule has 2 aromatic rings. The third kappa shape index (κ3) is 2.99. The summed E-state index contributed by atoms with van der Waals surface area (Å²) in [5.41, 5.74) is 3.67. The molecule has 2 rings (SSSR count). The van der Waals surface area contributed by atoms with Crippen molar-refractivity contribution in [1.29, 1.82) is 0 Å². The number of aryl methyl sites for hydroxylation is 1. The third-order valence-electron chi connectivity index (χ3n) is 3.63. The minimum absolute atomic E-state index is 0.276. The SMILES string of the molecule is CCN(c1ccc(C)cc1)c1ncccc1C(C)NC. The molecule has 106 valence electrons. The molecule has 0 bridgehead atoms. The quantitative estimate of drug-likeness (QED) is 0.894. The first-order valence-electron chi connectivity index (χ1n) is 7.13. The number of benzene rings is 1. The second kappa shape index (κ2) is 6.53. The molecular formula is C17H23N3. The molecule has 0 aliphatic heterocycles. The van der Waals surface area contributed by atoms with E-state index in [-0.39, 0.29) is 6.04 Å². The van der Waals surface area contributed by atoms with Crippen molar-refractivity contribution in [1.82, 2.24) is 10.3 Å². The normalized spacial score (nSPS) is 12.2. The number of aromatic nitrogens is 1. The van der Waals surface area contributed by atoms with E-state index in [1.807, 2.05) is 19.3 Å². The Balaban J connectivity index is 2.44. The van der Waals surface area contributed by atoms with Crippen LogP contribution in [0.3, 0.4) is 0 Å². The molecule has 20 heavy (non-hydrogen) atoms. The highest BCUT2D eigenvalue weighted by Gasteiger charge is 2.16. The summed E-state index contributed by atoms with van der Waals surface area (Å²) in [7, 11) is 1.98. The lowest BCUT2D eigenvalue weighted by atomic mass is 10.1. The van der Waals surface area contributed by atoms with Crippen LogP contribution in [0.5, 0.6) is 0 Å². The van der Waals surface area contributed by atoms with Crippen molar-refractivity contribution in [3.63, 3.8) is 0 Å². The van der Waals surface area contributed by atoms with Gasteiger partial charge in [0.1, 0.15) is 5.82 Å². The smallest absolute Gasteiger partial charge is 0.137 e. The maximum absolute atomic E-state index is 4.60. The van der Waals surface area contributed by atoms with Crippen molar-refractivity contribution < 1.29 is 0 Å². The van der Waals surface area contributed by atoms with Crippen molar-refractivity contribution in [2.45, 2.75) is 26.8 Å². The minimum Gasteiger partial charge on any atom is -0.326 e. The number of hydrogen-bond donors (Lipinski definition) is 1. The van der Waals surface area contributed by atoms with Gasteiger partial charge < -0.3 is 10.2 Å². The number of rotatable bonds is 5. The van der Waals surface area contributed by atoms with E-state index in [1.165, 1.54) is 16.8 Å². The van der Waals surface area contributed by atoms with Gasteiger partial charge in [0.05, 0.1) is 0 Å². The predicted molar refractivity (Wildman–Crippen MR) is 85.6 cm³/mol. The standard InChI is InChI=1S/C17H23N3/c1-5-20(15-10-8-13(2)9-11-15)17-16(14(3)18-4)7-6-12-19-17/h6-12,14,18H,5H2,1-4H3. The first-order valence-corrected chi connectivity index (χ1v) is 7.13. The van der Waals surface area contributed by atoms with Crippen molar-refractivity contribution in [3.8, 4) is 0 Å². The van der Waals surface area contributed by atoms with Gasteiger partial charge in [0.25, 0.3) is 0 Å². The molecular weight excluding hydrogens is 246 g/mol. The Morgan fingerprint density at radius 3 is 2.50 bits per heavy atom. The van der Waals surface area contributed by atoms with Crippen LogP contribution in [0, 0.1) is 6.92 Å². The van der Waals surface area contributed by atoms with Gasteiger partial charge in [-0.05, 0) is 46.0 Å². The van der Waals surface area contributed by atoms with Crippen LogP contribution >= 0.6 is 0 Å². The Morgan fingerprint density at radius 2 is 1.90 bits per heavy atom. The first-order chi connectivity index (χ1) is 9.67. The van der Waals surface area contributed by atoms with E-state index in [1.54, 1.807) is 0 Å². The largest absolute Gasteiger partial charge is 0.326 e. The lowest BCUT2D eigenvalue weighted by Gasteiger charge is -2.26. The Morgan fingerprint density at radius 1 is 1.20 bits per heavy atom. The summed E-state index contributed by atoms with van der Waals surface area (Å²) in [6.45, 7) is 7.31. The number of anilines is 2. The fourth-order valence-electron chi connectivity index (χ4n) is 2.31. The van der Waals surface area contributed by atoms with Crippen molar-refractivity contribution in [3.05, 3.63) is 53.7 Å². The molecule has 1 heterocycles. The maximum Gasteiger partial charge on any atom is 0.137 e. The minimum atomic E-state index is 0.276. The monoisotopic (exact) mass is 269 g/mol. The second-order valence-corrected chi connectivity index (χ2v) is 5.01. The second-order valence-electron chi connectivity index (χ2n) is 5.01. The van der Waals surface area contributed by atoms with Crippen LogP contribution in [0.1, 0.15) is 31.0 Å². The molecule has 1 atom stereocenters. The Hall–Kier alpha value is -1.87. The average molecular weight is 269 g/mol. The average Bonchev–Trinajstić information content (AvgIpc) is 2.49. The molecule has 0 saturated heterocycles. The molecule has 0 aliphatic rings. The molecule has 0 amide bonds. The Kier molecular flexibility index (Phi) is 4.74. The zero-order chi connectivity index (χ0) is 14.5. The zero-order valence-electron chi connectivity index (χ0n) is 12.7. The molecule has 0 fully saturated rings. The molecule has 1 unspecified atom stereocenters. The summed E-state index contributed by atoms with van der Waals surface area (Å²) in [5.74, 6) is 1.03. The highest BCUT2D eigenvalue weighted by atomic mass is 15.2. The van der Waals surface area contributed by atoms with Gasteiger partial charge in [-0.15, -0.1) is 0 Å². The molecule has 0 saturated carbocycles. The van der Waals surface area contributed by atoms with Gasteiger partial charge >= 0.3 is 0 Å². The van der Waals surface area contributed by atoms with Gasteiger partial charge in [-0.3, -0.25) is 0 Å². The Labute approximate surface area is 121 Å². The lowest BCUT2D eigenvalue weighted by molar-refractivity contribution is 0.648. The molecule has 0 aliphatic carbocycles. The van der Waals surface area contributed by atoms with Gasteiger partial charge in [-0.2, -0.15) is 0 Å². The van der Waals surface area contributed by atoms with Crippen LogP contribution in [0.4, 0.5) is 11.5 Å². The molecule has 1 aromatic carbocycles. The van der Waals surface area contributed by atoms with Gasteiger partial charge in [0.15, 0.2) is 0 Å². The van der Waals surface area contributed by atoms with E-state index in [0.717, 1.165) is 12.4 Å². The van der Waals surface area contributed by atoms with Gasteiger partial charge in [-0.25, -0.2) is 4.98 Å². The van der Waals surface area contributed by atoms with Crippen LogP contribution in [0.2, 0.25) is 0 Å². The first kappa shape index (κ1) is 14.5. The van der Waals surface area contributed by atoms with Crippen molar-refractivity contribution in [2.24, 2.45) is 0 Å². The fraction of sp³-hybridized carbons (Fsp3) is 0.353. The van der Waals surface area contributed by atoms with Crippen LogP contribution < -0.4 is 10.2 Å². The number of nitrogens with one attached hydrogen (secondary N) is 1. The summed E-state index contributed by atoms with van der Waals surface area (Å²) in [6.07, 6.45) is 1.86. The fourth-order valence-corrected chi connectivity index (χ4v) is 2.31. The van der Waals surface area contributed by atoms with Gasteiger partial charge in [0, 0.05) is 30.0 Å². The van der Waals surface area contributed by atoms with Gasteiger partial charge in [-0.1, -0.05) is 23.8 Å². The molecule has 0 radical (unpaired) electrons. The summed E-state index contributed by atoms with van der Waals surface area (Å²) >= 11 is 0. The lowest BCUT2D eigenvalue weighted by Crippen LogP contribution is -2.22. The highest BCUT2D eigenvalue weighted by Crippen LogP contribution is 2.29. The van der Waals surface area contributed by atoms with E-state index in [4.69, 9.17) is 0 Å². The molecule has 3 nitrogen and oxygen atoms in total. The Bertz CT molecular complexity index is 548. The number of pyridine rings is 1. The van der Waals surface area contributed by atoms with Crippen LogP contribution in [0.25, 0.3) is 0 Å². The molecule has 0 spiro atoms. The topological polar surface area (TPSA) is 28.2 Å². The van der Waals surface area contributed by atoms with Crippen LogP contribution in [-0.4, -0.2) is 18.6 Å².